The fraction of sp³-hybridized carbons (Fsp3) is 0.250. The van der Waals surface area contributed by atoms with E-state index in [9.17, 15) is 4.79 Å². The van der Waals surface area contributed by atoms with Crippen LogP contribution in [-0.2, 0) is 11.2 Å². The Kier molecular flexibility index (Phi) is 3.49. The first-order chi connectivity index (χ1) is 8.15. The summed E-state index contributed by atoms with van der Waals surface area (Å²) in [6.07, 6.45) is 0.366. The molecule has 1 heterocycles. The van der Waals surface area contributed by atoms with E-state index in [0.29, 0.717) is 11.6 Å². The second kappa shape index (κ2) is 5.05. The highest BCUT2D eigenvalue weighted by molar-refractivity contribution is 7.15. The quantitative estimate of drug-likeness (QED) is 0.905. The lowest BCUT2D eigenvalue weighted by molar-refractivity contribution is -0.115. The van der Waals surface area contributed by atoms with Crippen molar-refractivity contribution in [3.8, 4) is 0 Å². The summed E-state index contributed by atoms with van der Waals surface area (Å²) in [7, 11) is 0. The highest BCUT2D eigenvalue weighted by Gasteiger charge is 2.08. The van der Waals surface area contributed by atoms with Crippen LogP contribution < -0.4 is 5.32 Å². The van der Waals surface area contributed by atoms with Crippen LogP contribution in [0.25, 0.3) is 0 Å². The van der Waals surface area contributed by atoms with Gasteiger partial charge in [0.25, 0.3) is 0 Å². The zero-order valence-electron chi connectivity index (χ0n) is 9.73. The predicted molar refractivity (Wildman–Crippen MR) is 68.2 cm³/mol. The zero-order chi connectivity index (χ0) is 12.3. The number of nitrogens with zero attached hydrogens (tertiary/aromatic N) is 2. The van der Waals surface area contributed by atoms with Crippen LogP contribution in [-0.4, -0.2) is 16.1 Å². The summed E-state index contributed by atoms with van der Waals surface area (Å²) in [5, 5.41) is 11.8. The van der Waals surface area contributed by atoms with Gasteiger partial charge in [0.1, 0.15) is 5.01 Å². The van der Waals surface area contributed by atoms with Gasteiger partial charge in [-0.25, -0.2) is 0 Å². The van der Waals surface area contributed by atoms with Crippen LogP contribution in [0.4, 0.5) is 5.13 Å². The second-order valence-corrected chi connectivity index (χ2v) is 4.96. The molecule has 17 heavy (non-hydrogen) atoms. The van der Waals surface area contributed by atoms with Gasteiger partial charge in [0.05, 0.1) is 6.42 Å². The molecule has 88 valence electrons. The Morgan fingerprint density at radius 1 is 1.29 bits per heavy atom. The van der Waals surface area contributed by atoms with Gasteiger partial charge in [-0.05, 0) is 25.0 Å². The summed E-state index contributed by atoms with van der Waals surface area (Å²) >= 11 is 1.38. The highest BCUT2D eigenvalue weighted by Crippen LogP contribution is 2.14. The molecule has 1 aromatic heterocycles. The lowest BCUT2D eigenvalue weighted by Gasteiger charge is -2.04. The molecule has 0 saturated carbocycles. The van der Waals surface area contributed by atoms with E-state index < -0.39 is 0 Å². The lowest BCUT2D eigenvalue weighted by Crippen LogP contribution is -2.14. The first-order valence-corrected chi connectivity index (χ1v) is 6.11. The maximum atomic E-state index is 11.8. The predicted octanol–water partition coefficient (Wildman–Crippen LogP) is 2.34. The van der Waals surface area contributed by atoms with Crippen molar-refractivity contribution < 1.29 is 4.79 Å². The van der Waals surface area contributed by atoms with Crippen molar-refractivity contribution in [2.24, 2.45) is 0 Å². The first kappa shape index (κ1) is 11.7. The van der Waals surface area contributed by atoms with Crippen LogP contribution in [0.1, 0.15) is 16.1 Å². The number of anilines is 1. The number of hydrogen-bond donors (Lipinski definition) is 1. The molecule has 0 bridgehead atoms. The van der Waals surface area contributed by atoms with E-state index in [1.165, 1.54) is 11.3 Å². The molecular weight excluding hydrogens is 234 g/mol. The molecule has 0 aliphatic rings. The standard InChI is InChI=1S/C12H13N3OS/c1-8-5-3-4-6-10(8)7-11(16)13-12-15-14-9(2)17-12/h3-6H,7H2,1-2H3,(H,13,15,16). The largest absolute Gasteiger partial charge is 0.300 e. The molecule has 1 amide bonds. The van der Waals surface area contributed by atoms with Gasteiger partial charge in [-0.15, -0.1) is 10.2 Å². The van der Waals surface area contributed by atoms with Gasteiger partial charge in [-0.1, -0.05) is 35.6 Å². The Balaban J connectivity index is 2.01. The highest BCUT2D eigenvalue weighted by atomic mass is 32.1. The maximum absolute atomic E-state index is 11.8. The summed E-state index contributed by atoms with van der Waals surface area (Å²) in [4.78, 5) is 11.8. The number of aryl methyl sites for hydroxylation is 2. The van der Waals surface area contributed by atoms with Gasteiger partial charge < -0.3 is 5.32 Å². The molecular formula is C12H13N3OS. The zero-order valence-corrected chi connectivity index (χ0v) is 10.5. The van der Waals surface area contributed by atoms with Crippen LogP contribution in [0.2, 0.25) is 0 Å². The third-order valence-electron chi connectivity index (χ3n) is 2.38. The van der Waals surface area contributed by atoms with Gasteiger partial charge in [-0.3, -0.25) is 4.79 Å². The molecule has 1 aromatic carbocycles. The number of rotatable bonds is 3. The molecule has 2 rings (SSSR count). The van der Waals surface area contributed by atoms with Crippen LogP contribution in [0.3, 0.4) is 0 Å². The average Bonchev–Trinajstić information content (AvgIpc) is 2.67. The molecule has 4 nitrogen and oxygen atoms in total. The number of aromatic nitrogens is 2. The van der Waals surface area contributed by atoms with Crippen LogP contribution in [0.5, 0.6) is 0 Å². The topological polar surface area (TPSA) is 54.9 Å². The van der Waals surface area contributed by atoms with E-state index in [-0.39, 0.29) is 5.91 Å². The SMILES string of the molecule is Cc1nnc(NC(=O)Cc2ccccc2C)s1. The second-order valence-electron chi connectivity index (χ2n) is 3.78. The molecule has 5 heteroatoms. The van der Waals surface area contributed by atoms with E-state index in [2.05, 4.69) is 15.5 Å². The first-order valence-electron chi connectivity index (χ1n) is 5.29. The third-order valence-corrected chi connectivity index (χ3v) is 3.14. The van der Waals surface area contributed by atoms with E-state index >= 15 is 0 Å². The number of carbonyl (C=O) groups is 1. The Hall–Kier alpha value is -1.75. The minimum Gasteiger partial charge on any atom is -0.300 e. The fourth-order valence-electron chi connectivity index (χ4n) is 1.49. The number of hydrogen-bond acceptors (Lipinski definition) is 4. The van der Waals surface area contributed by atoms with Gasteiger partial charge >= 0.3 is 0 Å². The maximum Gasteiger partial charge on any atom is 0.230 e. The van der Waals surface area contributed by atoms with Crippen LogP contribution in [0, 0.1) is 13.8 Å². The van der Waals surface area contributed by atoms with E-state index in [0.717, 1.165) is 16.1 Å². The number of benzene rings is 1. The Morgan fingerprint density at radius 3 is 2.71 bits per heavy atom. The van der Waals surface area contributed by atoms with Gasteiger partial charge in [0.2, 0.25) is 11.0 Å². The van der Waals surface area contributed by atoms with Crippen molar-refractivity contribution in [1.82, 2.24) is 10.2 Å². The fourth-order valence-corrected chi connectivity index (χ4v) is 2.10. The molecule has 0 aliphatic heterocycles. The van der Waals surface area contributed by atoms with Crippen molar-refractivity contribution in [3.05, 3.63) is 40.4 Å². The molecule has 0 radical (unpaired) electrons. The summed E-state index contributed by atoms with van der Waals surface area (Å²) < 4.78 is 0. The van der Waals surface area contributed by atoms with E-state index in [4.69, 9.17) is 0 Å². The van der Waals surface area contributed by atoms with Crippen molar-refractivity contribution >= 4 is 22.4 Å². The lowest BCUT2D eigenvalue weighted by atomic mass is 10.1. The number of nitrogens with one attached hydrogen (secondary N) is 1. The summed E-state index contributed by atoms with van der Waals surface area (Å²) in [5.41, 5.74) is 2.15. The summed E-state index contributed by atoms with van der Waals surface area (Å²) in [5.74, 6) is -0.0598. The molecule has 0 spiro atoms. The van der Waals surface area contributed by atoms with Crippen molar-refractivity contribution in [2.45, 2.75) is 20.3 Å². The minimum atomic E-state index is -0.0598. The van der Waals surface area contributed by atoms with Crippen LogP contribution >= 0.6 is 11.3 Å². The number of carbonyl (C=O) groups excluding carboxylic acids is 1. The Morgan fingerprint density at radius 2 is 2.06 bits per heavy atom. The van der Waals surface area contributed by atoms with Crippen LogP contribution in [0.15, 0.2) is 24.3 Å². The summed E-state index contributed by atoms with van der Waals surface area (Å²) in [6, 6.07) is 7.85. The molecule has 0 saturated heterocycles. The third kappa shape index (κ3) is 3.10. The minimum absolute atomic E-state index is 0.0598. The van der Waals surface area contributed by atoms with E-state index in [1.807, 2.05) is 38.1 Å². The van der Waals surface area contributed by atoms with Crippen molar-refractivity contribution in [2.75, 3.05) is 5.32 Å². The molecule has 0 unspecified atom stereocenters. The smallest absolute Gasteiger partial charge is 0.230 e. The van der Waals surface area contributed by atoms with Gasteiger partial charge in [0, 0.05) is 0 Å². The molecule has 0 atom stereocenters. The molecule has 2 aromatic rings. The van der Waals surface area contributed by atoms with Gasteiger partial charge in [-0.2, -0.15) is 0 Å². The number of amides is 1. The molecule has 1 N–H and O–H groups in total. The Labute approximate surface area is 104 Å². The van der Waals surface area contributed by atoms with Crippen molar-refractivity contribution in [1.29, 1.82) is 0 Å². The van der Waals surface area contributed by atoms with Crippen molar-refractivity contribution in [3.63, 3.8) is 0 Å². The normalized spacial score (nSPS) is 10.2. The van der Waals surface area contributed by atoms with Gasteiger partial charge in [0.15, 0.2) is 0 Å². The Bertz CT molecular complexity index is 536. The monoisotopic (exact) mass is 247 g/mol. The summed E-state index contributed by atoms with van der Waals surface area (Å²) in [6.45, 7) is 3.85. The van der Waals surface area contributed by atoms with E-state index in [1.54, 1.807) is 0 Å². The molecule has 0 fully saturated rings. The average molecular weight is 247 g/mol. The molecule has 0 aliphatic carbocycles.